The molecule has 0 aromatic carbocycles. The first kappa shape index (κ1) is 18.6. The average Bonchev–Trinajstić information content (AvgIpc) is 2.89. The molecule has 1 N–H and O–H groups in total. The average molecular weight is 350 g/mol. The van der Waals surface area contributed by atoms with Gasteiger partial charge in [0.1, 0.15) is 0 Å². The van der Waals surface area contributed by atoms with Gasteiger partial charge in [-0.1, -0.05) is 25.6 Å². The van der Waals surface area contributed by atoms with Crippen LogP contribution in [0.4, 0.5) is 5.69 Å². The summed E-state index contributed by atoms with van der Waals surface area (Å²) in [7, 11) is 1.88. The Morgan fingerprint density at radius 2 is 1.83 bits per heavy atom. The highest BCUT2D eigenvalue weighted by Gasteiger charge is 2.16. The minimum absolute atomic E-state index is 0.0337. The van der Waals surface area contributed by atoms with E-state index in [4.69, 9.17) is 0 Å². The number of amides is 1. The Balaban J connectivity index is 2.05. The summed E-state index contributed by atoms with van der Waals surface area (Å²) in [5, 5.41) is 8.20. The van der Waals surface area contributed by atoms with E-state index in [2.05, 4.69) is 40.7 Å². The van der Waals surface area contributed by atoms with Crippen molar-refractivity contribution in [2.75, 3.05) is 11.1 Å². The van der Waals surface area contributed by atoms with Crippen LogP contribution in [0.1, 0.15) is 36.6 Å². The van der Waals surface area contributed by atoms with Crippen molar-refractivity contribution in [3.8, 4) is 0 Å². The smallest absolute Gasteiger partial charge is 0.234 e. The predicted octanol–water partition coefficient (Wildman–Crippen LogP) is 3.24. The van der Waals surface area contributed by atoms with E-state index in [1.807, 2.05) is 27.8 Å². The molecule has 0 aliphatic carbocycles. The minimum atomic E-state index is -0.0337. The standard InChI is InChI=1S/C17H27N5OS/c1-10(2)8-22-13(5)11(3)18-17(22)24-9-15(23)19-16-12(4)20-21(7)14(16)6/h10H,8-9H2,1-7H3,(H,19,23). The number of anilines is 1. The van der Waals surface area contributed by atoms with Gasteiger partial charge in [-0.25, -0.2) is 4.98 Å². The number of rotatable bonds is 6. The predicted molar refractivity (Wildman–Crippen MR) is 98.6 cm³/mol. The van der Waals surface area contributed by atoms with Crippen molar-refractivity contribution in [1.82, 2.24) is 19.3 Å². The second kappa shape index (κ2) is 7.42. The van der Waals surface area contributed by atoms with Crippen LogP contribution in [0.15, 0.2) is 5.16 Å². The Kier molecular flexibility index (Phi) is 5.74. The third-order valence-electron chi connectivity index (χ3n) is 4.08. The molecule has 2 rings (SSSR count). The maximum Gasteiger partial charge on any atom is 0.234 e. The van der Waals surface area contributed by atoms with Crippen LogP contribution >= 0.6 is 11.8 Å². The lowest BCUT2D eigenvalue weighted by Crippen LogP contribution is -2.16. The molecule has 0 saturated heterocycles. The molecule has 0 fully saturated rings. The number of nitrogens with zero attached hydrogens (tertiary/aromatic N) is 4. The number of carbonyl (C=O) groups is 1. The van der Waals surface area contributed by atoms with Gasteiger partial charge < -0.3 is 9.88 Å². The highest BCUT2D eigenvalue weighted by Crippen LogP contribution is 2.24. The summed E-state index contributed by atoms with van der Waals surface area (Å²) < 4.78 is 3.98. The van der Waals surface area contributed by atoms with Crippen LogP contribution in [-0.4, -0.2) is 31.0 Å². The molecule has 2 heterocycles. The van der Waals surface area contributed by atoms with Gasteiger partial charge in [-0.2, -0.15) is 5.10 Å². The maximum atomic E-state index is 12.3. The van der Waals surface area contributed by atoms with Crippen LogP contribution in [0.5, 0.6) is 0 Å². The molecule has 0 bridgehead atoms. The van der Waals surface area contributed by atoms with Gasteiger partial charge in [0.15, 0.2) is 5.16 Å². The molecular weight excluding hydrogens is 322 g/mol. The molecule has 0 unspecified atom stereocenters. The van der Waals surface area contributed by atoms with Crippen LogP contribution in [0.2, 0.25) is 0 Å². The van der Waals surface area contributed by atoms with Crippen LogP contribution in [0.25, 0.3) is 0 Å². The minimum Gasteiger partial charge on any atom is -0.323 e. The third kappa shape index (κ3) is 4.01. The Morgan fingerprint density at radius 3 is 2.38 bits per heavy atom. The quantitative estimate of drug-likeness (QED) is 0.813. The van der Waals surface area contributed by atoms with Gasteiger partial charge in [0.25, 0.3) is 0 Å². The lowest BCUT2D eigenvalue weighted by atomic mass is 10.2. The van der Waals surface area contributed by atoms with Crippen molar-refractivity contribution in [2.24, 2.45) is 13.0 Å². The van der Waals surface area contributed by atoms with Crippen LogP contribution in [0, 0.1) is 33.6 Å². The van der Waals surface area contributed by atoms with Gasteiger partial charge in [0.2, 0.25) is 5.91 Å². The fourth-order valence-corrected chi connectivity index (χ4v) is 3.48. The van der Waals surface area contributed by atoms with Crippen LogP contribution in [0.3, 0.4) is 0 Å². The molecule has 2 aromatic heterocycles. The number of thioether (sulfide) groups is 1. The molecule has 0 saturated carbocycles. The third-order valence-corrected chi connectivity index (χ3v) is 5.05. The summed E-state index contributed by atoms with van der Waals surface area (Å²) in [6, 6.07) is 0. The lowest BCUT2D eigenvalue weighted by Gasteiger charge is -2.12. The van der Waals surface area contributed by atoms with Gasteiger partial charge >= 0.3 is 0 Å². The fourth-order valence-electron chi connectivity index (χ4n) is 2.57. The fraction of sp³-hybridized carbons (Fsp3) is 0.588. The number of aromatic nitrogens is 4. The van der Waals surface area contributed by atoms with E-state index in [0.29, 0.717) is 11.7 Å². The summed E-state index contributed by atoms with van der Waals surface area (Å²) >= 11 is 1.48. The zero-order valence-electron chi connectivity index (χ0n) is 15.6. The SMILES string of the molecule is Cc1nn(C)c(C)c1NC(=O)CSc1nc(C)c(C)n1CC(C)C. The van der Waals surface area contributed by atoms with Gasteiger partial charge in [-0.3, -0.25) is 9.48 Å². The van der Waals surface area contributed by atoms with Crippen molar-refractivity contribution in [2.45, 2.75) is 53.2 Å². The molecule has 0 spiro atoms. The summed E-state index contributed by atoms with van der Waals surface area (Å²) in [4.78, 5) is 16.9. The molecule has 0 radical (unpaired) electrons. The maximum absolute atomic E-state index is 12.3. The normalized spacial score (nSPS) is 11.3. The molecule has 132 valence electrons. The van der Waals surface area contributed by atoms with Crippen molar-refractivity contribution in [3.63, 3.8) is 0 Å². The Morgan fingerprint density at radius 1 is 1.17 bits per heavy atom. The Labute approximate surface area is 148 Å². The summed E-state index contributed by atoms with van der Waals surface area (Å²) in [5.41, 5.74) is 4.80. The molecule has 7 heteroatoms. The van der Waals surface area contributed by atoms with Crippen molar-refractivity contribution < 1.29 is 4.79 Å². The number of nitrogens with one attached hydrogen (secondary N) is 1. The first-order chi connectivity index (χ1) is 11.2. The molecule has 1 amide bonds. The zero-order chi connectivity index (χ0) is 18.0. The van der Waals surface area contributed by atoms with E-state index in [0.717, 1.165) is 34.5 Å². The topological polar surface area (TPSA) is 64.7 Å². The van der Waals surface area contributed by atoms with E-state index < -0.39 is 0 Å². The Bertz CT molecular complexity index is 745. The molecule has 6 nitrogen and oxygen atoms in total. The molecule has 24 heavy (non-hydrogen) atoms. The van der Waals surface area contributed by atoms with Gasteiger partial charge in [-0.15, -0.1) is 0 Å². The molecule has 2 aromatic rings. The van der Waals surface area contributed by atoms with Gasteiger partial charge in [-0.05, 0) is 33.6 Å². The summed E-state index contributed by atoms with van der Waals surface area (Å²) in [6.07, 6.45) is 0. The lowest BCUT2D eigenvalue weighted by molar-refractivity contribution is -0.113. The summed E-state index contributed by atoms with van der Waals surface area (Å²) in [6.45, 7) is 13.2. The second-order valence-electron chi connectivity index (χ2n) is 6.58. The largest absolute Gasteiger partial charge is 0.323 e. The van der Waals surface area contributed by atoms with E-state index in [1.165, 1.54) is 17.5 Å². The number of imidazole rings is 1. The van der Waals surface area contributed by atoms with Crippen LogP contribution < -0.4 is 5.32 Å². The van der Waals surface area contributed by atoms with E-state index in [1.54, 1.807) is 4.68 Å². The van der Waals surface area contributed by atoms with Crippen LogP contribution in [-0.2, 0) is 18.4 Å². The van der Waals surface area contributed by atoms with Crippen molar-refractivity contribution >= 4 is 23.4 Å². The van der Waals surface area contributed by atoms with Gasteiger partial charge in [0, 0.05) is 19.3 Å². The first-order valence-corrected chi connectivity index (χ1v) is 9.15. The van der Waals surface area contributed by atoms with Crippen molar-refractivity contribution in [3.05, 3.63) is 22.8 Å². The molecule has 0 atom stereocenters. The van der Waals surface area contributed by atoms with E-state index in [9.17, 15) is 4.79 Å². The monoisotopic (exact) mass is 349 g/mol. The van der Waals surface area contributed by atoms with Gasteiger partial charge in [0.05, 0.1) is 28.5 Å². The number of carbonyl (C=O) groups excluding carboxylic acids is 1. The number of hydrogen-bond donors (Lipinski definition) is 1. The van der Waals surface area contributed by atoms with E-state index in [-0.39, 0.29) is 5.91 Å². The first-order valence-electron chi connectivity index (χ1n) is 8.17. The van der Waals surface area contributed by atoms with E-state index >= 15 is 0 Å². The molecular formula is C17H27N5OS. The molecule has 0 aliphatic heterocycles. The number of hydrogen-bond acceptors (Lipinski definition) is 4. The highest BCUT2D eigenvalue weighted by atomic mass is 32.2. The number of aryl methyl sites for hydroxylation is 3. The highest BCUT2D eigenvalue weighted by molar-refractivity contribution is 7.99. The summed E-state index contributed by atoms with van der Waals surface area (Å²) in [5.74, 6) is 0.835. The second-order valence-corrected chi connectivity index (χ2v) is 7.52. The molecule has 0 aliphatic rings. The van der Waals surface area contributed by atoms with Crippen molar-refractivity contribution in [1.29, 1.82) is 0 Å². The Hall–Kier alpha value is -1.76. The zero-order valence-corrected chi connectivity index (χ0v) is 16.4.